The van der Waals surface area contributed by atoms with E-state index in [0.29, 0.717) is 10.6 Å². The van der Waals surface area contributed by atoms with Gasteiger partial charge in [-0.25, -0.2) is 4.79 Å². The lowest BCUT2D eigenvalue weighted by molar-refractivity contribution is -0.197. The summed E-state index contributed by atoms with van der Waals surface area (Å²) in [6, 6.07) is 8.33. The second-order valence-corrected chi connectivity index (χ2v) is 3.82. The van der Waals surface area contributed by atoms with Crippen molar-refractivity contribution < 1.29 is 19.5 Å². The van der Waals surface area contributed by atoms with Crippen molar-refractivity contribution in [3.8, 4) is 0 Å². The molecule has 0 spiro atoms. The van der Waals surface area contributed by atoms with Crippen LogP contribution in [0.25, 0.3) is 0 Å². The molecule has 1 aromatic rings. The minimum Gasteiger partial charge on any atom is -0.368 e. The molecule has 0 aliphatic carbocycles. The van der Waals surface area contributed by atoms with Gasteiger partial charge in [0, 0.05) is 5.56 Å². The summed E-state index contributed by atoms with van der Waals surface area (Å²) >= 11 is 0. The number of carbonyl (C=O) groups excluding carboxylic acids is 2. The first kappa shape index (κ1) is 10.6. The van der Waals surface area contributed by atoms with Crippen LogP contribution in [0.4, 0.5) is 0 Å². The monoisotopic (exact) mass is 221 g/mol. The Morgan fingerprint density at radius 1 is 1.44 bits per heavy atom. The summed E-state index contributed by atoms with van der Waals surface area (Å²) < 4.78 is 0. The highest BCUT2D eigenvalue weighted by Crippen LogP contribution is 2.26. The lowest BCUT2D eigenvalue weighted by atomic mass is 10.1. The Bertz CT molecular complexity index is 427. The summed E-state index contributed by atoms with van der Waals surface area (Å²) in [6.07, 6.45) is -0.217. The third-order valence-electron chi connectivity index (χ3n) is 2.32. The zero-order chi connectivity index (χ0) is 11.8. The van der Waals surface area contributed by atoms with Crippen molar-refractivity contribution in [2.45, 2.75) is 19.1 Å². The van der Waals surface area contributed by atoms with Gasteiger partial charge in [-0.2, -0.15) is 0 Å². The highest BCUT2D eigenvalue weighted by molar-refractivity contribution is 5.95. The van der Waals surface area contributed by atoms with Gasteiger partial charge >= 0.3 is 5.97 Å². The second-order valence-electron chi connectivity index (χ2n) is 3.82. The molecule has 1 atom stereocenters. The van der Waals surface area contributed by atoms with Gasteiger partial charge in [-0.15, -0.1) is 5.06 Å². The predicted molar refractivity (Wildman–Crippen MR) is 53.9 cm³/mol. The van der Waals surface area contributed by atoms with Crippen molar-refractivity contribution in [1.82, 2.24) is 5.06 Å². The summed E-state index contributed by atoms with van der Waals surface area (Å²) in [5.74, 6) is -1.15. The molecule has 2 rings (SSSR count). The van der Waals surface area contributed by atoms with Crippen LogP contribution in [0.1, 0.15) is 23.7 Å². The first-order valence-electron chi connectivity index (χ1n) is 4.83. The standard InChI is InChI=1S/C11H11NO4/c1-11(15)7-9(13)16-12(11)10(14)8-5-3-2-4-6-8/h2-6,15H,7H2,1H3/t11-/m1/s1. The lowest BCUT2D eigenvalue weighted by Crippen LogP contribution is -2.44. The Morgan fingerprint density at radius 2 is 2.06 bits per heavy atom. The van der Waals surface area contributed by atoms with E-state index in [-0.39, 0.29) is 6.42 Å². The number of rotatable bonds is 1. The van der Waals surface area contributed by atoms with Crippen molar-refractivity contribution in [2.75, 3.05) is 0 Å². The first-order valence-corrected chi connectivity index (χ1v) is 4.83. The van der Waals surface area contributed by atoms with E-state index in [9.17, 15) is 14.7 Å². The average Bonchev–Trinajstić information content (AvgIpc) is 2.52. The third-order valence-corrected chi connectivity index (χ3v) is 2.32. The van der Waals surface area contributed by atoms with Crippen LogP contribution >= 0.6 is 0 Å². The van der Waals surface area contributed by atoms with Crippen LogP contribution in [-0.2, 0) is 9.63 Å². The van der Waals surface area contributed by atoms with Crippen molar-refractivity contribution in [1.29, 1.82) is 0 Å². The minimum atomic E-state index is -1.58. The Hall–Kier alpha value is -1.88. The van der Waals surface area contributed by atoms with E-state index in [1.165, 1.54) is 6.92 Å². The smallest absolute Gasteiger partial charge is 0.337 e. The molecule has 1 saturated heterocycles. The van der Waals surface area contributed by atoms with Crippen LogP contribution in [0, 0.1) is 0 Å². The molecular weight excluding hydrogens is 210 g/mol. The van der Waals surface area contributed by atoms with E-state index in [1.807, 2.05) is 0 Å². The molecule has 0 bridgehead atoms. The maximum atomic E-state index is 11.9. The molecule has 1 heterocycles. The number of hydrogen-bond acceptors (Lipinski definition) is 4. The molecule has 0 unspecified atom stereocenters. The molecule has 1 aromatic carbocycles. The fraction of sp³-hybridized carbons (Fsp3) is 0.273. The number of hydrogen-bond donors (Lipinski definition) is 1. The topological polar surface area (TPSA) is 66.8 Å². The zero-order valence-corrected chi connectivity index (χ0v) is 8.71. The lowest BCUT2D eigenvalue weighted by Gasteiger charge is -2.25. The Morgan fingerprint density at radius 3 is 2.56 bits per heavy atom. The van der Waals surface area contributed by atoms with E-state index < -0.39 is 17.6 Å². The van der Waals surface area contributed by atoms with Gasteiger partial charge in [-0.05, 0) is 19.1 Å². The molecule has 0 radical (unpaired) electrons. The second kappa shape index (κ2) is 3.61. The quantitative estimate of drug-likeness (QED) is 0.758. The fourth-order valence-electron chi connectivity index (χ4n) is 1.54. The molecule has 1 aliphatic rings. The molecule has 84 valence electrons. The van der Waals surface area contributed by atoms with Crippen molar-refractivity contribution in [2.24, 2.45) is 0 Å². The Balaban J connectivity index is 2.27. The van der Waals surface area contributed by atoms with Crippen LogP contribution in [-0.4, -0.2) is 27.8 Å². The van der Waals surface area contributed by atoms with E-state index >= 15 is 0 Å². The minimum absolute atomic E-state index is 0.217. The van der Waals surface area contributed by atoms with E-state index in [2.05, 4.69) is 4.84 Å². The zero-order valence-electron chi connectivity index (χ0n) is 8.71. The van der Waals surface area contributed by atoms with Gasteiger partial charge in [-0.3, -0.25) is 4.79 Å². The molecule has 5 nitrogen and oxygen atoms in total. The average molecular weight is 221 g/mol. The van der Waals surface area contributed by atoms with Crippen LogP contribution in [0.3, 0.4) is 0 Å². The first-order chi connectivity index (χ1) is 7.50. The highest BCUT2D eigenvalue weighted by Gasteiger charge is 2.45. The molecule has 5 heteroatoms. The van der Waals surface area contributed by atoms with Crippen molar-refractivity contribution >= 4 is 11.9 Å². The van der Waals surface area contributed by atoms with Crippen molar-refractivity contribution in [3.05, 3.63) is 35.9 Å². The van der Waals surface area contributed by atoms with Gasteiger partial charge in [0.25, 0.3) is 5.91 Å². The van der Waals surface area contributed by atoms with E-state index in [0.717, 1.165) is 0 Å². The maximum absolute atomic E-state index is 11.9. The SMILES string of the molecule is C[C@@]1(O)CC(=O)ON1C(=O)c1ccccc1. The molecular formula is C11H11NO4. The molecule has 1 amide bonds. The summed E-state index contributed by atoms with van der Waals surface area (Å²) in [5, 5.41) is 10.5. The van der Waals surface area contributed by atoms with E-state index in [4.69, 9.17) is 0 Å². The van der Waals surface area contributed by atoms with Crippen LogP contribution in [0.2, 0.25) is 0 Å². The fourth-order valence-corrected chi connectivity index (χ4v) is 1.54. The largest absolute Gasteiger partial charge is 0.368 e. The van der Waals surface area contributed by atoms with E-state index in [1.54, 1.807) is 30.3 Å². The summed E-state index contributed by atoms with van der Waals surface area (Å²) in [4.78, 5) is 27.6. The summed E-state index contributed by atoms with van der Waals surface area (Å²) in [7, 11) is 0. The highest BCUT2D eigenvalue weighted by atomic mass is 16.7. The van der Waals surface area contributed by atoms with Crippen LogP contribution in [0.5, 0.6) is 0 Å². The number of hydroxylamine groups is 2. The summed E-state index contributed by atoms with van der Waals surface area (Å²) in [6.45, 7) is 1.36. The molecule has 1 aliphatic heterocycles. The molecule has 1 N–H and O–H groups in total. The number of amides is 1. The number of aliphatic hydroxyl groups is 1. The van der Waals surface area contributed by atoms with Gasteiger partial charge < -0.3 is 9.94 Å². The Labute approximate surface area is 92.2 Å². The third kappa shape index (κ3) is 1.77. The number of benzene rings is 1. The molecule has 1 fully saturated rings. The van der Waals surface area contributed by atoms with Crippen LogP contribution < -0.4 is 0 Å². The van der Waals surface area contributed by atoms with Gasteiger partial charge in [0.05, 0.1) is 6.42 Å². The molecule has 0 saturated carbocycles. The van der Waals surface area contributed by atoms with Crippen LogP contribution in [0.15, 0.2) is 30.3 Å². The van der Waals surface area contributed by atoms with Gasteiger partial charge in [0.15, 0.2) is 5.72 Å². The Kier molecular flexibility index (Phi) is 2.40. The summed E-state index contributed by atoms with van der Waals surface area (Å²) in [5.41, 5.74) is -1.22. The number of carbonyl (C=O) groups is 2. The normalized spacial score (nSPS) is 24.4. The molecule has 16 heavy (non-hydrogen) atoms. The predicted octanol–water partition coefficient (Wildman–Crippen LogP) is 0.699. The molecule has 0 aromatic heterocycles. The maximum Gasteiger partial charge on any atom is 0.337 e. The van der Waals surface area contributed by atoms with Gasteiger partial charge in [0.1, 0.15) is 0 Å². The number of nitrogens with zero attached hydrogens (tertiary/aromatic N) is 1. The van der Waals surface area contributed by atoms with Crippen molar-refractivity contribution in [3.63, 3.8) is 0 Å². The van der Waals surface area contributed by atoms with Gasteiger partial charge in [0.2, 0.25) is 0 Å². The van der Waals surface area contributed by atoms with Gasteiger partial charge in [-0.1, -0.05) is 18.2 Å².